The molecule has 14 heavy (non-hydrogen) atoms. The number of hydrogen-bond acceptors (Lipinski definition) is 2. The van der Waals surface area contributed by atoms with Gasteiger partial charge in [0.05, 0.1) is 5.69 Å². The molecule has 0 bridgehead atoms. The Bertz CT molecular complexity index is 278. The van der Waals surface area contributed by atoms with Crippen molar-refractivity contribution in [2.24, 2.45) is 0 Å². The third-order valence-electron chi connectivity index (χ3n) is 2.77. The maximum atomic E-state index is 4.66. The zero-order valence-electron chi connectivity index (χ0n) is 9.16. The number of nitrogens with zero attached hydrogens (tertiary/aromatic N) is 3. The zero-order chi connectivity index (χ0) is 9.97. The van der Waals surface area contributed by atoms with E-state index in [1.165, 1.54) is 37.3 Å². The van der Waals surface area contributed by atoms with Crippen molar-refractivity contribution < 1.29 is 0 Å². The smallest absolute Gasteiger partial charge is 0.108 e. The number of likely N-dealkylation sites (N-methyl/N-ethyl adjacent to an activating group) is 1. The van der Waals surface area contributed by atoms with Crippen LogP contribution in [-0.4, -0.2) is 35.1 Å². The van der Waals surface area contributed by atoms with Crippen LogP contribution in [0, 0.1) is 0 Å². The molecule has 1 aromatic heterocycles. The van der Waals surface area contributed by atoms with Crippen LogP contribution in [0.1, 0.15) is 24.4 Å². The predicted molar refractivity (Wildman–Crippen MR) is 57.4 cm³/mol. The van der Waals surface area contributed by atoms with Gasteiger partial charge in [-0.1, -0.05) is 0 Å². The molecular weight excluding hydrogens is 174 g/mol. The molecule has 0 unspecified atom stereocenters. The number of rotatable bonds is 3. The molecule has 0 aliphatic carbocycles. The molecule has 0 N–H and O–H groups in total. The maximum absolute atomic E-state index is 4.66. The van der Waals surface area contributed by atoms with Crippen molar-refractivity contribution in [3.8, 4) is 0 Å². The Morgan fingerprint density at radius 3 is 3.00 bits per heavy atom. The molecule has 0 spiro atoms. The lowest BCUT2D eigenvalue weighted by molar-refractivity contribution is 0.412. The normalized spacial score (nSPS) is 15.9. The van der Waals surface area contributed by atoms with Gasteiger partial charge in [0.15, 0.2) is 0 Å². The van der Waals surface area contributed by atoms with Crippen LogP contribution < -0.4 is 0 Å². The number of aryl methyl sites for hydroxylation is 2. The van der Waals surface area contributed by atoms with Crippen molar-refractivity contribution in [3.05, 3.63) is 17.7 Å². The fourth-order valence-electron chi connectivity index (χ4n) is 1.93. The molecule has 0 saturated heterocycles. The van der Waals surface area contributed by atoms with Gasteiger partial charge >= 0.3 is 0 Å². The Kier molecular flexibility index (Phi) is 2.87. The van der Waals surface area contributed by atoms with Gasteiger partial charge in [-0.3, -0.25) is 0 Å². The van der Waals surface area contributed by atoms with Crippen LogP contribution in [-0.2, 0) is 19.4 Å². The fraction of sp³-hybridized carbons (Fsp3) is 0.727. The van der Waals surface area contributed by atoms with Crippen LogP contribution in [0.3, 0.4) is 0 Å². The molecule has 2 rings (SSSR count). The summed E-state index contributed by atoms with van der Waals surface area (Å²) in [5.41, 5.74) is 1.26. The summed E-state index contributed by atoms with van der Waals surface area (Å²) < 4.78 is 2.33. The predicted octanol–water partition coefficient (Wildman–Crippen LogP) is 1.32. The van der Waals surface area contributed by atoms with E-state index in [0.717, 1.165) is 13.0 Å². The second-order valence-corrected chi connectivity index (χ2v) is 4.35. The Labute approximate surface area is 85.7 Å². The van der Waals surface area contributed by atoms with E-state index in [1.807, 2.05) is 0 Å². The minimum absolute atomic E-state index is 1.08. The largest absolute Gasteiger partial charge is 0.335 e. The summed E-state index contributed by atoms with van der Waals surface area (Å²) in [5, 5.41) is 0. The molecule has 1 aromatic rings. The molecule has 0 saturated carbocycles. The molecule has 1 aliphatic rings. The van der Waals surface area contributed by atoms with E-state index >= 15 is 0 Å². The van der Waals surface area contributed by atoms with Gasteiger partial charge in [0.1, 0.15) is 5.82 Å². The quantitative estimate of drug-likeness (QED) is 0.722. The highest BCUT2D eigenvalue weighted by Gasteiger charge is 2.11. The van der Waals surface area contributed by atoms with Crippen molar-refractivity contribution in [1.29, 1.82) is 0 Å². The molecule has 78 valence electrons. The molecule has 0 atom stereocenters. The Morgan fingerprint density at radius 2 is 2.29 bits per heavy atom. The van der Waals surface area contributed by atoms with Crippen LogP contribution in [0.25, 0.3) is 0 Å². The van der Waals surface area contributed by atoms with E-state index in [-0.39, 0.29) is 0 Å². The number of fused-ring (bicyclic) bond motifs is 1. The number of hydrogen-bond donors (Lipinski definition) is 0. The summed E-state index contributed by atoms with van der Waals surface area (Å²) in [4.78, 5) is 6.87. The zero-order valence-corrected chi connectivity index (χ0v) is 9.16. The highest BCUT2D eigenvalue weighted by molar-refractivity contribution is 5.06. The summed E-state index contributed by atoms with van der Waals surface area (Å²) >= 11 is 0. The summed E-state index contributed by atoms with van der Waals surface area (Å²) in [6.07, 6.45) is 7.10. The molecule has 2 heterocycles. The third kappa shape index (κ3) is 2.15. The minimum Gasteiger partial charge on any atom is -0.335 e. The topological polar surface area (TPSA) is 21.1 Å². The summed E-state index contributed by atoms with van der Waals surface area (Å²) in [6, 6.07) is 0. The monoisotopic (exact) mass is 193 g/mol. The second-order valence-electron chi connectivity index (χ2n) is 4.35. The summed E-state index contributed by atoms with van der Waals surface area (Å²) in [5.74, 6) is 1.30. The Hall–Kier alpha value is -0.830. The first-order valence-electron chi connectivity index (χ1n) is 5.45. The first-order chi connectivity index (χ1) is 6.75. The van der Waals surface area contributed by atoms with Crippen molar-refractivity contribution in [1.82, 2.24) is 14.5 Å². The summed E-state index contributed by atoms with van der Waals surface area (Å²) in [6.45, 7) is 2.26. The van der Waals surface area contributed by atoms with Gasteiger partial charge in [0.2, 0.25) is 0 Å². The highest BCUT2D eigenvalue weighted by Crippen LogP contribution is 2.14. The molecule has 0 amide bonds. The van der Waals surface area contributed by atoms with Gasteiger partial charge in [-0.2, -0.15) is 0 Å². The lowest BCUT2D eigenvalue weighted by atomic mass is 10.2. The van der Waals surface area contributed by atoms with E-state index in [9.17, 15) is 0 Å². The molecule has 0 radical (unpaired) electrons. The maximum Gasteiger partial charge on any atom is 0.108 e. The van der Waals surface area contributed by atoms with Gasteiger partial charge in [0.25, 0.3) is 0 Å². The van der Waals surface area contributed by atoms with Crippen molar-refractivity contribution in [2.45, 2.75) is 32.2 Å². The van der Waals surface area contributed by atoms with E-state index in [4.69, 9.17) is 0 Å². The molecule has 3 nitrogen and oxygen atoms in total. The lowest BCUT2D eigenvalue weighted by Crippen LogP contribution is -2.15. The van der Waals surface area contributed by atoms with Crippen molar-refractivity contribution >= 4 is 0 Å². The third-order valence-corrected chi connectivity index (χ3v) is 2.77. The van der Waals surface area contributed by atoms with Crippen LogP contribution in [0.5, 0.6) is 0 Å². The molecule has 0 aromatic carbocycles. The Morgan fingerprint density at radius 1 is 1.43 bits per heavy atom. The van der Waals surface area contributed by atoms with Crippen LogP contribution in [0.4, 0.5) is 0 Å². The molecule has 3 heteroatoms. The molecule has 1 aliphatic heterocycles. The van der Waals surface area contributed by atoms with Gasteiger partial charge in [-0.15, -0.1) is 0 Å². The first-order valence-corrected chi connectivity index (χ1v) is 5.45. The number of imidazole rings is 1. The second kappa shape index (κ2) is 4.13. The average Bonchev–Trinajstić information content (AvgIpc) is 2.57. The van der Waals surface area contributed by atoms with Gasteiger partial charge < -0.3 is 9.47 Å². The SMILES string of the molecule is CN(C)CCc1cn2c(n1)CCCC2. The fourth-order valence-corrected chi connectivity index (χ4v) is 1.93. The van der Waals surface area contributed by atoms with Crippen LogP contribution in [0.15, 0.2) is 6.20 Å². The van der Waals surface area contributed by atoms with E-state index < -0.39 is 0 Å². The molecular formula is C11H19N3. The van der Waals surface area contributed by atoms with Crippen molar-refractivity contribution in [2.75, 3.05) is 20.6 Å². The molecule has 0 fully saturated rings. The van der Waals surface area contributed by atoms with Crippen LogP contribution in [0.2, 0.25) is 0 Å². The Balaban J connectivity index is 2.01. The summed E-state index contributed by atoms with van der Waals surface area (Å²) in [7, 11) is 4.21. The van der Waals surface area contributed by atoms with Crippen LogP contribution >= 0.6 is 0 Å². The van der Waals surface area contributed by atoms with Gasteiger partial charge in [-0.05, 0) is 26.9 Å². The van der Waals surface area contributed by atoms with Crippen molar-refractivity contribution in [3.63, 3.8) is 0 Å². The minimum atomic E-state index is 1.08. The van der Waals surface area contributed by atoms with Gasteiger partial charge in [0, 0.05) is 32.1 Å². The highest BCUT2D eigenvalue weighted by atomic mass is 15.1. The average molecular weight is 193 g/mol. The lowest BCUT2D eigenvalue weighted by Gasteiger charge is -2.11. The van der Waals surface area contributed by atoms with E-state index in [2.05, 4.69) is 34.7 Å². The standard InChI is InChI=1S/C11H19N3/c1-13(2)8-6-10-9-14-7-4-3-5-11(14)12-10/h9H,3-8H2,1-2H3. The van der Waals surface area contributed by atoms with E-state index in [1.54, 1.807) is 0 Å². The first kappa shape index (κ1) is 9.71. The van der Waals surface area contributed by atoms with E-state index in [0.29, 0.717) is 0 Å². The number of aromatic nitrogens is 2. The van der Waals surface area contributed by atoms with Gasteiger partial charge in [-0.25, -0.2) is 4.98 Å².